The third-order valence-corrected chi connectivity index (χ3v) is 4.43. The van der Waals surface area contributed by atoms with Gasteiger partial charge in [0.15, 0.2) is 0 Å². The minimum atomic E-state index is -1.83. The number of ether oxygens (including phenoxy) is 1. The second-order valence-corrected chi connectivity index (χ2v) is 8.98. The van der Waals surface area contributed by atoms with Gasteiger partial charge in [0.1, 0.15) is 36.2 Å². The van der Waals surface area contributed by atoms with Crippen LogP contribution in [0.3, 0.4) is 0 Å². The molecule has 6 atom stereocenters. The van der Waals surface area contributed by atoms with Crippen LogP contribution in [-0.2, 0) is 9.53 Å². The van der Waals surface area contributed by atoms with Gasteiger partial charge in [-0.2, -0.15) is 0 Å². The fourth-order valence-electron chi connectivity index (χ4n) is 2.90. The Hall–Kier alpha value is -0.810. The Morgan fingerprint density at radius 1 is 0.966 bits per heavy atom. The Balaban J connectivity index is 4.39. The zero-order valence-corrected chi connectivity index (χ0v) is 18.3. The third-order valence-electron chi connectivity index (χ3n) is 4.43. The van der Waals surface area contributed by atoms with Gasteiger partial charge in [-0.3, -0.25) is 10.1 Å². The second kappa shape index (κ2) is 13.5. The SMILES string of the molecule is CC(C)CC(CCCCNC(O)C(O)C(O)C(O)C(O)CO)C(=O)OC(C)(C)C. The molecule has 0 aliphatic heterocycles. The van der Waals surface area contributed by atoms with Crippen LogP contribution >= 0.6 is 0 Å². The number of rotatable bonds is 14. The molecular weight excluding hydrogens is 382 g/mol. The van der Waals surface area contributed by atoms with Gasteiger partial charge in [-0.05, 0) is 52.5 Å². The van der Waals surface area contributed by atoms with Crippen LogP contribution in [0.25, 0.3) is 0 Å². The van der Waals surface area contributed by atoms with Gasteiger partial charge in [0.05, 0.1) is 12.5 Å². The molecule has 0 aromatic heterocycles. The fraction of sp³-hybridized carbons (Fsp3) is 0.950. The standard InChI is InChI=1S/C20H41NO8/c1-12(2)10-13(19(28)29-20(3,4)5)8-6-7-9-21-18(27)17(26)16(25)15(24)14(23)11-22/h12-18,21-27H,6-11H2,1-5H3. The minimum absolute atomic E-state index is 0.207. The zero-order chi connectivity index (χ0) is 22.8. The molecule has 0 spiro atoms. The quantitative estimate of drug-likeness (QED) is 0.111. The van der Waals surface area contributed by atoms with E-state index in [-0.39, 0.29) is 11.9 Å². The summed E-state index contributed by atoms with van der Waals surface area (Å²) in [6, 6.07) is 0. The summed E-state index contributed by atoms with van der Waals surface area (Å²) in [5.74, 6) is -0.0688. The number of carbonyl (C=O) groups excluding carboxylic acids is 1. The number of hydrogen-bond donors (Lipinski definition) is 7. The Morgan fingerprint density at radius 3 is 2.03 bits per heavy atom. The second-order valence-electron chi connectivity index (χ2n) is 8.98. The van der Waals surface area contributed by atoms with Gasteiger partial charge in [-0.15, -0.1) is 0 Å². The van der Waals surface area contributed by atoms with Gasteiger partial charge >= 0.3 is 5.97 Å². The molecule has 0 radical (unpaired) electrons. The smallest absolute Gasteiger partial charge is 0.309 e. The van der Waals surface area contributed by atoms with Crippen LogP contribution in [0.2, 0.25) is 0 Å². The van der Waals surface area contributed by atoms with E-state index in [1.165, 1.54) is 0 Å². The first-order valence-electron chi connectivity index (χ1n) is 10.3. The van der Waals surface area contributed by atoms with E-state index in [9.17, 15) is 30.3 Å². The van der Waals surface area contributed by atoms with Gasteiger partial charge in [-0.1, -0.05) is 20.3 Å². The Morgan fingerprint density at radius 2 is 1.55 bits per heavy atom. The highest BCUT2D eigenvalue weighted by atomic mass is 16.6. The van der Waals surface area contributed by atoms with Gasteiger partial charge in [0.25, 0.3) is 0 Å². The summed E-state index contributed by atoms with van der Waals surface area (Å²) in [4.78, 5) is 12.4. The lowest BCUT2D eigenvalue weighted by molar-refractivity contribution is -0.161. The van der Waals surface area contributed by atoms with Crippen molar-refractivity contribution in [2.75, 3.05) is 13.2 Å². The largest absolute Gasteiger partial charge is 0.460 e. The lowest BCUT2D eigenvalue weighted by Gasteiger charge is -2.29. The lowest BCUT2D eigenvalue weighted by Crippen LogP contribution is -2.53. The molecule has 0 amide bonds. The molecule has 0 aromatic carbocycles. The molecule has 6 unspecified atom stereocenters. The van der Waals surface area contributed by atoms with Crippen molar-refractivity contribution in [3.8, 4) is 0 Å². The Labute approximate surface area is 173 Å². The number of hydrogen-bond acceptors (Lipinski definition) is 9. The van der Waals surface area contributed by atoms with E-state index in [2.05, 4.69) is 5.32 Å². The molecule has 0 saturated heterocycles. The molecule has 29 heavy (non-hydrogen) atoms. The van der Waals surface area contributed by atoms with Crippen LogP contribution < -0.4 is 5.32 Å². The van der Waals surface area contributed by atoms with Crippen LogP contribution in [0.4, 0.5) is 0 Å². The molecule has 7 N–H and O–H groups in total. The summed E-state index contributed by atoms with van der Waals surface area (Å²) in [7, 11) is 0. The molecule has 0 fully saturated rings. The van der Waals surface area contributed by atoms with Gasteiger partial charge < -0.3 is 35.4 Å². The van der Waals surface area contributed by atoms with Crippen molar-refractivity contribution < 1.29 is 40.2 Å². The summed E-state index contributed by atoms with van der Waals surface area (Å²) in [5.41, 5.74) is -0.539. The van der Waals surface area contributed by atoms with Gasteiger partial charge in [-0.25, -0.2) is 0 Å². The molecule has 174 valence electrons. The van der Waals surface area contributed by atoms with Crippen molar-refractivity contribution in [1.29, 1.82) is 0 Å². The van der Waals surface area contributed by atoms with Crippen molar-refractivity contribution in [1.82, 2.24) is 5.32 Å². The highest BCUT2D eigenvalue weighted by molar-refractivity contribution is 5.72. The van der Waals surface area contributed by atoms with Crippen molar-refractivity contribution in [2.45, 2.75) is 96.5 Å². The first kappa shape index (κ1) is 28.2. The summed E-state index contributed by atoms with van der Waals surface area (Å²) >= 11 is 0. The Kier molecular flexibility index (Phi) is 13.1. The fourth-order valence-corrected chi connectivity index (χ4v) is 2.90. The van der Waals surface area contributed by atoms with Crippen LogP contribution in [0.1, 0.15) is 60.3 Å². The molecule has 0 aliphatic rings. The normalized spacial score (nSPS) is 18.8. The molecule has 0 aromatic rings. The van der Waals surface area contributed by atoms with Gasteiger partial charge in [0.2, 0.25) is 0 Å². The maximum atomic E-state index is 12.4. The Bertz CT molecular complexity index is 454. The number of nitrogens with one attached hydrogen (secondary N) is 1. The molecule has 0 rings (SSSR count). The number of aliphatic hydroxyl groups excluding tert-OH is 6. The van der Waals surface area contributed by atoms with Crippen molar-refractivity contribution >= 4 is 5.97 Å². The van der Waals surface area contributed by atoms with Crippen molar-refractivity contribution in [3.05, 3.63) is 0 Å². The number of esters is 1. The maximum Gasteiger partial charge on any atom is 0.309 e. The molecular formula is C20H41NO8. The van der Waals surface area contributed by atoms with Gasteiger partial charge in [0, 0.05) is 0 Å². The van der Waals surface area contributed by atoms with E-state index in [1.807, 2.05) is 34.6 Å². The summed E-state index contributed by atoms with van der Waals surface area (Å²) < 4.78 is 5.49. The molecule has 0 saturated carbocycles. The van der Waals surface area contributed by atoms with Crippen LogP contribution in [0.15, 0.2) is 0 Å². The first-order valence-corrected chi connectivity index (χ1v) is 10.3. The minimum Gasteiger partial charge on any atom is -0.460 e. The van der Waals surface area contributed by atoms with Crippen LogP contribution in [0.5, 0.6) is 0 Å². The average Bonchev–Trinajstić information content (AvgIpc) is 2.62. The summed E-state index contributed by atoms with van der Waals surface area (Å²) in [6.45, 7) is 9.11. The maximum absolute atomic E-state index is 12.4. The topological polar surface area (TPSA) is 160 Å². The molecule has 0 bridgehead atoms. The van der Waals surface area contributed by atoms with E-state index in [0.29, 0.717) is 31.7 Å². The van der Waals surface area contributed by atoms with E-state index in [1.54, 1.807) is 0 Å². The highest BCUT2D eigenvalue weighted by Crippen LogP contribution is 2.22. The van der Waals surface area contributed by atoms with E-state index >= 15 is 0 Å². The van der Waals surface area contributed by atoms with Crippen LogP contribution in [-0.4, -0.2) is 86.0 Å². The van der Waals surface area contributed by atoms with E-state index in [0.717, 1.165) is 6.42 Å². The molecule has 9 heteroatoms. The lowest BCUT2D eigenvalue weighted by atomic mass is 9.92. The molecule has 9 nitrogen and oxygen atoms in total. The predicted molar refractivity (Wildman–Crippen MR) is 108 cm³/mol. The van der Waals surface area contributed by atoms with Crippen molar-refractivity contribution in [3.63, 3.8) is 0 Å². The summed E-state index contributed by atoms with van der Waals surface area (Å²) in [6.07, 6.45) is -5.86. The number of aliphatic hydroxyl groups is 6. The first-order chi connectivity index (χ1) is 13.3. The zero-order valence-electron chi connectivity index (χ0n) is 18.3. The highest BCUT2D eigenvalue weighted by Gasteiger charge is 2.33. The van der Waals surface area contributed by atoms with Crippen LogP contribution in [0, 0.1) is 11.8 Å². The van der Waals surface area contributed by atoms with E-state index in [4.69, 9.17) is 9.84 Å². The van der Waals surface area contributed by atoms with Crippen molar-refractivity contribution in [2.24, 2.45) is 11.8 Å². The van der Waals surface area contributed by atoms with E-state index < -0.39 is 42.9 Å². The summed E-state index contributed by atoms with van der Waals surface area (Å²) in [5, 5.41) is 59.7. The molecule has 0 heterocycles. The number of unbranched alkanes of at least 4 members (excludes halogenated alkanes) is 1. The average molecular weight is 424 g/mol. The molecule has 0 aliphatic carbocycles. The monoisotopic (exact) mass is 423 g/mol. The predicted octanol–water partition coefficient (Wildman–Crippen LogP) is -0.495. The number of carbonyl (C=O) groups is 1. The third kappa shape index (κ3) is 11.8.